The molecule has 0 fully saturated rings. The molecule has 18 heavy (non-hydrogen) atoms. The molecule has 0 aromatic heterocycles. The van der Waals surface area contributed by atoms with Gasteiger partial charge in [0.1, 0.15) is 11.6 Å². The lowest BCUT2D eigenvalue weighted by Crippen LogP contribution is -2.23. The van der Waals surface area contributed by atoms with Gasteiger partial charge in [0.25, 0.3) is 0 Å². The van der Waals surface area contributed by atoms with Crippen molar-refractivity contribution in [3.05, 3.63) is 35.4 Å². The van der Waals surface area contributed by atoms with E-state index in [1.165, 1.54) is 0 Å². The van der Waals surface area contributed by atoms with Gasteiger partial charge in [-0.05, 0) is 37.6 Å². The van der Waals surface area contributed by atoms with Gasteiger partial charge in [0.15, 0.2) is 0 Å². The van der Waals surface area contributed by atoms with Gasteiger partial charge in [-0.2, -0.15) is 0 Å². The summed E-state index contributed by atoms with van der Waals surface area (Å²) >= 11 is 0. The first-order valence-electron chi connectivity index (χ1n) is 6.04. The highest BCUT2D eigenvalue weighted by Crippen LogP contribution is 2.09. The normalized spacial score (nSPS) is 10.4. The lowest BCUT2D eigenvalue weighted by Gasteiger charge is -2.06. The first-order chi connectivity index (χ1) is 8.63. The minimum absolute atomic E-state index is 0.0132. The Balaban J connectivity index is 2.31. The van der Waals surface area contributed by atoms with Crippen LogP contribution in [0.15, 0.2) is 18.2 Å². The molecule has 1 aromatic rings. The van der Waals surface area contributed by atoms with Crippen LogP contribution in [-0.2, 0) is 11.3 Å². The van der Waals surface area contributed by atoms with Gasteiger partial charge in [0, 0.05) is 18.5 Å². The van der Waals surface area contributed by atoms with Gasteiger partial charge in [-0.25, -0.2) is 8.78 Å². The van der Waals surface area contributed by atoms with E-state index in [-0.39, 0.29) is 18.0 Å². The molecule has 5 heteroatoms. The number of carbonyl (C=O) groups excluding carboxylic acids is 1. The molecule has 0 saturated heterocycles. The minimum atomic E-state index is -0.514. The third-order valence-electron chi connectivity index (χ3n) is 2.59. The Labute approximate surface area is 105 Å². The average Bonchev–Trinajstić information content (AvgIpc) is 2.36. The largest absolute Gasteiger partial charge is 0.352 e. The maximum Gasteiger partial charge on any atom is 0.220 e. The molecule has 0 unspecified atom stereocenters. The summed E-state index contributed by atoms with van der Waals surface area (Å²) < 4.78 is 26.1. The van der Waals surface area contributed by atoms with Crippen LogP contribution in [0.4, 0.5) is 8.78 Å². The molecule has 1 amide bonds. The summed E-state index contributed by atoms with van der Waals surface area (Å²) in [7, 11) is 0. The molecule has 0 spiro atoms. The predicted molar refractivity (Wildman–Crippen MR) is 65.7 cm³/mol. The number of nitrogens with two attached hydrogens (primary N) is 1. The van der Waals surface area contributed by atoms with E-state index in [1.807, 2.05) is 0 Å². The number of halogens is 2. The Hall–Kier alpha value is -1.49. The fourth-order valence-corrected chi connectivity index (χ4v) is 1.57. The summed E-state index contributed by atoms with van der Waals surface area (Å²) in [6.07, 6.45) is 2.94. The van der Waals surface area contributed by atoms with Crippen molar-refractivity contribution in [1.82, 2.24) is 5.32 Å². The molecule has 3 nitrogen and oxygen atoms in total. The molecule has 0 heterocycles. The molecule has 0 atom stereocenters. The summed E-state index contributed by atoms with van der Waals surface area (Å²) in [5.74, 6) is -1.18. The maximum atomic E-state index is 13.2. The van der Waals surface area contributed by atoms with E-state index >= 15 is 0 Å². The summed E-state index contributed by atoms with van der Waals surface area (Å²) in [6, 6.07) is 3.19. The van der Waals surface area contributed by atoms with Crippen LogP contribution < -0.4 is 11.1 Å². The Morgan fingerprint density at radius 3 is 2.72 bits per heavy atom. The van der Waals surface area contributed by atoms with Crippen LogP contribution in [0.1, 0.15) is 31.2 Å². The third-order valence-corrected chi connectivity index (χ3v) is 2.59. The summed E-state index contributed by atoms with van der Waals surface area (Å²) in [5, 5.41) is 2.57. The summed E-state index contributed by atoms with van der Waals surface area (Å²) in [6.45, 7) is 0.634. The molecule has 0 aliphatic heterocycles. The number of carbonyl (C=O) groups is 1. The molecule has 0 bridgehead atoms. The predicted octanol–water partition coefficient (Wildman–Crippen LogP) is 2.10. The van der Waals surface area contributed by atoms with Crippen LogP contribution in [0, 0.1) is 11.6 Å². The molecule has 0 aliphatic carbocycles. The number of unbranched alkanes of at least 4 members (excludes halogenated alkanes) is 2. The van der Waals surface area contributed by atoms with Crippen LogP contribution >= 0.6 is 0 Å². The smallest absolute Gasteiger partial charge is 0.220 e. The molecule has 100 valence electrons. The zero-order valence-corrected chi connectivity index (χ0v) is 10.2. The van der Waals surface area contributed by atoms with E-state index in [4.69, 9.17) is 5.73 Å². The van der Waals surface area contributed by atoms with E-state index in [2.05, 4.69) is 5.32 Å². The van der Waals surface area contributed by atoms with Crippen molar-refractivity contribution < 1.29 is 13.6 Å². The van der Waals surface area contributed by atoms with Gasteiger partial charge in [0.05, 0.1) is 0 Å². The molecule has 0 radical (unpaired) electrons. The third kappa shape index (κ3) is 5.23. The highest BCUT2D eigenvalue weighted by atomic mass is 19.1. The number of hydrogen-bond donors (Lipinski definition) is 2. The highest BCUT2D eigenvalue weighted by Gasteiger charge is 2.06. The minimum Gasteiger partial charge on any atom is -0.352 e. The van der Waals surface area contributed by atoms with Gasteiger partial charge in [0.2, 0.25) is 5.91 Å². The zero-order chi connectivity index (χ0) is 13.4. The van der Waals surface area contributed by atoms with Crippen molar-refractivity contribution in [1.29, 1.82) is 0 Å². The van der Waals surface area contributed by atoms with Crippen LogP contribution in [0.5, 0.6) is 0 Å². The van der Waals surface area contributed by atoms with Gasteiger partial charge >= 0.3 is 0 Å². The number of hydrogen-bond acceptors (Lipinski definition) is 2. The maximum absolute atomic E-state index is 13.2. The first kappa shape index (κ1) is 14.6. The lowest BCUT2D eigenvalue weighted by molar-refractivity contribution is -0.121. The SMILES string of the molecule is NCCCCCC(=O)NCc1cc(F)ccc1F. The second-order valence-corrected chi connectivity index (χ2v) is 4.11. The van der Waals surface area contributed by atoms with Crippen LogP contribution in [0.25, 0.3) is 0 Å². The Kier molecular flexibility index (Phi) is 6.28. The van der Waals surface area contributed by atoms with Crippen molar-refractivity contribution in [2.75, 3.05) is 6.54 Å². The summed E-state index contributed by atoms with van der Waals surface area (Å²) in [4.78, 5) is 11.4. The molecule has 0 aliphatic rings. The monoisotopic (exact) mass is 256 g/mol. The van der Waals surface area contributed by atoms with E-state index in [0.717, 1.165) is 37.5 Å². The Morgan fingerprint density at radius 1 is 1.22 bits per heavy atom. The fraction of sp³-hybridized carbons (Fsp3) is 0.462. The van der Waals surface area contributed by atoms with Crippen LogP contribution in [0.2, 0.25) is 0 Å². The van der Waals surface area contributed by atoms with Crippen molar-refractivity contribution in [3.8, 4) is 0 Å². The lowest BCUT2D eigenvalue weighted by atomic mass is 10.1. The molecule has 1 aromatic carbocycles. The molecular formula is C13H18F2N2O. The van der Waals surface area contributed by atoms with E-state index in [1.54, 1.807) is 0 Å². The Morgan fingerprint density at radius 2 is 2.00 bits per heavy atom. The van der Waals surface area contributed by atoms with Crippen LogP contribution in [0.3, 0.4) is 0 Å². The van der Waals surface area contributed by atoms with Crippen LogP contribution in [-0.4, -0.2) is 12.5 Å². The average molecular weight is 256 g/mol. The van der Waals surface area contributed by atoms with E-state index in [9.17, 15) is 13.6 Å². The van der Waals surface area contributed by atoms with Gasteiger partial charge in [-0.1, -0.05) is 6.42 Å². The zero-order valence-electron chi connectivity index (χ0n) is 10.2. The van der Waals surface area contributed by atoms with Crippen molar-refractivity contribution >= 4 is 5.91 Å². The van der Waals surface area contributed by atoms with Gasteiger partial charge < -0.3 is 11.1 Å². The van der Waals surface area contributed by atoms with Crippen molar-refractivity contribution in [3.63, 3.8) is 0 Å². The van der Waals surface area contributed by atoms with Crippen molar-refractivity contribution in [2.45, 2.75) is 32.2 Å². The molecule has 3 N–H and O–H groups in total. The van der Waals surface area contributed by atoms with E-state index in [0.29, 0.717) is 13.0 Å². The topological polar surface area (TPSA) is 55.1 Å². The number of amides is 1. The van der Waals surface area contributed by atoms with Crippen molar-refractivity contribution in [2.24, 2.45) is 5.73 Å². The Bertz CT molecular complexity index is 397. The quantitative estimate of drug-likeness (QED) is 0.734. The first-order valence-corrected chi connectivity index (χ1v) is 6.04. The molecular weight excluding hydrogens is 238 g/mol. The molecule has 0 saturated carbocycles. The number of benzene rings is 1. The number of nitrogens with one attached hydrogen (secondary N) is 1. The second kappa shape index (κ2) is 7.76. The standard InChI is InChI=1S/C13H18F2N2O/c14-11-5-6-12(15)10(8-11)9-17-13(18)4-2-1-3-7-16/h5-6,8H,1-4,7,9,16H2,(H,17,18). The van der Waals surface area contributed by atoms with Gasteiger partial charge in [-0.15, -0.1) is 0 Å². The molecule has 1 rings (SSSR count). The second-order valence-electron chi connectivity index (χ2n) is 4.11. The van der Waals surface area contributed by atoms with Gasteiger partial charge in [-0.3, -0.25) is 4.79 Å². The number of rotatable bonds is 7. The summed E-state index contributed by atoms with van der Waals surface area (Å²) in [5.41, 5.74) is 5.49. The fourth-order valence-electron chi connectivity index (χ4n) is 1.57. The highest BCUT2D eigenvalue weighted by molar-refractivity contribution is 5.75. The van der Waals surface area contributed by atoms with E-state index < -0.39 is 11.6 Å².